The first-order valence-electron chi connectivity index (χ1n) is 6.48. The number of nitrogens with one attached hydrogen (secondary N) is 1. The van der Waals surface area contributed by atoms with Crippen LogP contribution in [0.4, 0.5) is 5.69 Å². The fourth-order valence-electron chi connectivity index (χ4n) is 2.11. The summed E-state index contributed by atoms with van der Waals surface area (Å²) in [5, 5.41) is 2.88. The predicted octanol–water partition coefficient (Wildman–Crippen LogP) is 2.46. The molecule has 1 saturated heterocycles. The van der Waals surface area contributed by atoms with Crippen LogP contribution < -0.4 is 11.1 Å². The summed E-state index contributed by atoms with van der Waals surface area (Å²) in [4.78, 5) is 11.8. The molecule has 1 aliphatic rings. The number of hydrogen-bond acceptors (Lipinski definition) is 3. The van der Waals surface area contributed by atoms with Crippen LogP contribution >= 0.6 is 12.4 Å². The van der Waals surface area contributed by atoms with Crippen LogP contribution in [-0.2, 0) is 16.1 Å². The van der Waals surface area contributed by atoms with Crippen LogP contribution in [0.5, 0.6) is 0 Å². The van der Waals surface area contributed by atoms with Crippen molar-refractivity contribution < 1.29 is 9.53 Å². The second-order valence-electron chi connectivity index (χ2n) is 4.64. The minimum Gasteiger partial charge on any atom is -0.378 e. The fourth-order valence-corrected chi connectivity index (χ4v) is 2.11. The molecule has 106 valence electrons. The standard InChI is InChI=1S/C14H20N2O2.ClH/c15-10-11-4-6-12(7-5-11)16-14(17)9-13-3-1-2-8-18-13;/h4-7,13H,1-3,8-10,15H2,(H,16,17);1H. The normalized spacial score (nSPS) is 18.5. The molecule has 1 heterocycles. The molecular formula is C14H21ClN2O2. The van der Waals surface area contributed by atoms with E-state index in [9.17, 15) is 4.79 Å². The lowest BCUT2D eigenvalue weighted by Gasteiger charge is -2.21. The van der Waals surface area contributed by atoms with Gasteiger partial charge in [-0.2, -0.15) is 0 Å². The lowest BCUT2D eigenvalue weighted by Crippen LogP contribution is -2.25. The van der Waals surface area contributed by atoms with Gasteiger partial charge in [-0.05, 0) is 37.0 Å². The number of halogens is 1. The minimum absolute atomic E-state index is 0. The quantitative estimate of drug-likeness (QED) is 0.893. The molecule has 1 fully saturated rings. The highest BCUT2D eigenvalue weighted by molar-refractivity contribution is 5.91. The van der Waals surface area contributed by atoms with Crippen LogP contribution in [0.15, 0.2) is 24.3 Å². The first kappa shape index (κ1) is 16.0. The summed E-state index contributed by atoms with van der Waals surface area (Å²) >= 11 is 0. The lowest BCUT2D eigenvalue weighted by atomic mass is 10.1. The molecular weight excluding hydrogens is 264 g/mol. The number of anilines is 1. The van der Waals surface area contributed by atoms with Crippen molar-refractivity contribution in [2.75, 3.05) is 11.9 Å². The van der Waals surface area contributed by atoms with E-state index in [2.05, 4.69) is 5.32 Å². The van der Waals surface area contributed by atoms with Crippen LogP contribution in [0, 0.1) is 0 Å². The van der Waals surface area contributed by atoms with Gasteiger partial charge < -0.3 is 15.8 Å². The maximum atomic E-state index is 11.8. The van der Waals surface area contributed by atoms with Gasteiger partial charge in [-0.1, -0.05) is 12.1 Å². The Morgan fingerprint density at radius 3 is 2.63 bits per heavy atom. The Balaban J connectivity index is 0.00000180. The first-order chi connectivity index (χ1) is 8.78. The number of ether oxygens (including phenoxy) is 1. The molecule has 1 amide bonds. The number of carbonyl (C=O) groups is 1. The summed E-state index contributed by atoms with van der Waals surface area (Å²) in [7, 11) is 0. The van der Waals surface area contributed by atoms with Crippen molar-refractivity contribution >= 4 is 24.0 Å². The van der Waals surface area contributed by atoms with E-state index in [1.54, 1.807) is 0 Å². The summed E-state index contributed by atoms with van der Waals surface area (Å²) in [6, 6.07) is 7.60. The van der Waals surface area contributed by atoms with Gasteiger partial charge in [-0.3, -0.25) is 4.79 Å². The maximum Gasteiger partial charge on any atom is 0.226 e. The maximum absolute atomic E-state index is 11.8. The summed E-state index contributed by atoms with van der Waals surface area (Å²) in [5.74, 6) is 0.0161. The van der Waals surface area contributed by atoms with Gasteiger partial charge in [-0.15, -0.1) is 12.4 Å². The Hall–Kier alpha value is -1.10. The second-order valence-corrected chi connectivity index (χ2v) is 4.64. The molecule has 1 atom stereocenters. The molecule has 1 aliphatic heterocycles. The number of nitrogens with two attached hydrogens (primary N) is 1. The summed E-state index contributed by atoms with van der Waals surface area (Å²) in [5.41, 5.74) is 7.39. The molecule has 0 bridgehead atoms. The van der Waals surface area contributed by atoms with Crippen LogP contribution in [0.25, 0.3) is 0 Å². The molecule has 0 radical (unpaired) electrons. The summed E-state index contributed by atoms with van der Waals surface area (Å²) < 4.78 is 5.55. The molecule has 0 aromatic heterocycles. The SMILES string of the molecule is Cl.NCc1ccc(NC(=O)CC2CCCCO2)cc1. The Bertz CT molecular complexity index is 389. The highest BCUT2D eigenvalue weighted by Crippen LogP contribution is 2.17. The number of benzene rings is 1. The minimum atomic E-state index is 0. The average molecular weight is 285 g/mol. The zero-order valence-electron chi connectivity index (χ0n) is 10.9. The van der Waals surface area contributed by atoms with Crippen molar-refractivity contribution in [2.24, 2.45) is 5.73 Å². The summed E-state index contributed by atoms with van der Waals surface area (Å²) in [6.45, 7) is 1.30. The van der Waals surface area contributed by atoms with E-state index in [0.29, 0.717) is 13.0 Å². The second kappa shape index (κ2) is 8.15. The van der Waals surface area contributed by atoms with Gasteiger partial charge >= 0.3 is 0 Å². The van der Waals surface area contributed by atoms with Gasteiger partial charge in [-0.25, -0.2) is 0 Å². The predicted molar refractivity (Wildman–Crippen MR) is 78.4 cm³/mol. The van der Waals surface area contributed by atoms with E-state index in [-0.39, 0.29) is 24.4 Å². The molecule has 2 rings (SSSR count). The Morgan fingerprint density at radius 2 is 2.05 bits per heavy atom. The lowest BCUT2D eigenvalue weighted by molar-refractivity contribution is -0.119. The Morgan fingerprint density at radius 1 is 1.32 bits per heavy atom. The zero-order valence-corrected chi connectivity index (χ0v) is 11.7. The molecule has 0 aliphatic carbocycles. The van der Waals surface area contributed by atoms with E-state index < -0.39 is 0 Å². The van der Waals surface area contributed by atoms with Crippen LogP contribution in [0.1, 0.15) is 31.2 Å². The zero-order chi connectivity index (χ0) is 12.8. The largest absolute Gasteiger partial charge is 0.378 e. The molecule has 1 unspecified atom stereocenters. The van der Waals surface area contributed by atoms with Crippen molar-refractivity contribution in [1.29, 1.82) is 0 Å². The van der Waals surface area contributed by atoms with Crippen LogP contribution in [0.2, 0.25) is 0 Å². The van der Waals surface area contributed by atoms with Crippen molar-refractivity contribution in [3.8, 4) is 0 Å². The van der Waals surface area contributed by atoms with E-state index >= 15 is 0 Å². The average Bonchev–Trinajstić information content (AvgIpc) is 2.40. The third-order valence-corrected chi connectivity index (χ3v) is 3.16. The van der Waals surface area contributed by atoms with Gasteiger partial charge in [0.2, 0.25) is 5.91 Å². The van der Waals surface area contributed by atoms with Gasteiger partial charge in [0.15, 0.2) is 0 Å². The van der Waals surface area contributed by atoms with Gasteiger partial charge in [0.05, 0.1) is 12.5 Å². The smallest absolute Gasteiger partial charge is 0.226 e. The highest BCUT2D eigenvalue weighted by atomic mass is 35.5. The molecule has 1 aromatic rings. The van der Waals surface area contributed by atoms with Gasteiger partial charge in [0.1, 0.15) is 0 Å². The molecule has 5 heteroatoms. The van der Waals surface area contributed by atoms with E-state index in [1.165, 1.54) is 0 Å². The van der Waals surface area contributed by atoms with Crippen molar-refractivity contribution in [1.82, 2.24) is 0 Å². The Labute approximate surface area is 120 Å². The molecule has 0 spiro atoms. The molecule has 4 nitrogen and oxygen atoms in total. The first-order valence-corrected chi connectivity index (χ1v) is 6.48. The third kappa shape index (κ3) is 5.19. The van der Waals surface area contributed by atoms with E-state index in [4.69, 9.17) is 10.5 Å². The molecule has 0 saturated carbocycles. The topological polar surface area (TPSA) is 64.3 Å². The number of carbonyl (C=O) groups excluding carboxylic acids is 1. The van der Waals surface area contributed by atoms with Gasteiger partial charge in [0, 0.05) is 18.8 Å². The number of amides is 1. The van der Waals surface area contributed by atoms with Crippen molar-refractivity contribution in [3.63, 3.8) is 0 Å². The molecule has 1 aromatic carbocycles. The van der Waals surface area contributed by atoms with Crippen LogP contribution in [-0.4, -0.2) is 18.6 Å². The fraction of sp³-hybridized carbons (Fsp3) is 0.500. The summed E-state index contributed by atoms with van der Waals surface area (Å²) in [6.07, 6.45) is 3.78. The molecule has 19 heavy (non-hydrogen) atoms. The van der Waals surface area contributed by atoms with E-state index in [0.717, 1.165) is 37.1 Å². The molecule has 3 N–H and O–H groups in total. The van der Waals surface area contributed by atoms with Gasteiger partial charge in [0.25, 0.3) is 0 Å². The third-order valence-electron chi connectivity index (χ3n) is 3.16. The number of hydrogen-bond donors (Lipinski definition) is 2. The number of rotatable bonds is 4. The van der Waals surface area contributed by atoms with E-state index in [1.807, 2.05) is 24.3 Å². The monoisotopic (exact) mass is 284 g/mol. The highest BCUT2D eigenvalue weighted by Gasteiger charge is 2.17. The van der Waals surface area contributed by atoms with Crippen molar-refractivity contribution in [3.05, 3.63) is 29.8 Å². The van der Waals surface area contributed by atoms with Crippen LogP contribution in [0.3, 0.4) is 0 Å². The Kier molecular flexibility index (Phi) is 6.84. The van der Waals surface area contributed by atoms with Crippen molar-refractivity contribution in [2.45, 2.75) is 38.3 Å².